The van der Waals surface area contributed by atoms with Crippen molar-refractivity contribution in [3.05, 3.63) is 34.3 Å². The molecule has 2 N–H and O–H groups in total. The zero-order valence-electron chi connectivity index (χ0n) is 9.15. The number of alkyl halides is 6. The number of halogens is 8. The third kappa shape index (κ3) is 5.88. The molecule has 9 heteroatoms. The van der Waals surface area contributed by atoms with Gasteiger partial charge >= 0.3 is 12.4 Å². The van der Waals surface area contributed by atoms with Crippen LogP contribution in [0.1, 0.15) is 23.6 Å². The molecule has 0 amide bonds. The molecule has 0 heterocycles. The van der Waals surface area contributed by atoms with Gasteiger partial charge < -0.3 is 5.73 Å². The van der Waals surface area contributed by atoms with Crippen molar-refractivity contribution >= 4 is 24.0 Å². The zero-order valence-corrected chi connectivity index (χ0v) is 10.7. The van der Waals surface area contributed by atoms with Gasteiger partial charge in [-0.05, 0) is 23.8 Å². The summed E-state index contributed by atoms with van der Waals surface area (Å²) in [6.45, 7) is 0. The number of nitrogens with two attached hydrogens (primary N) is 1. The molecular formula is C10H9Cl2F6N. The fourth-order valence-electron chi connectivity index (χ4n) is 1.36. The van der Waals surface area contributed by atoms with E-state index < -0.39 is 30.4 Å². The minimum atomic E-state index is -4.68. The Morgan fingerprint density at radius 2 is 1.58 bits per heavy atom. The second-order valence-electron chi connectivity index (χ2n) is 3.70. The van der Waals surface area contributed by atoms with Crippen molar-refractivity contribution in [2.24, 2.45) is 5.73 Å². The van der Waals surface area contributed by atoms with Crippen LogP contribution in [0.25, 0.3) is 0 Å². The quantitative estimate of drug-likeness (QED) is 0.780. The van der Waals surface area contributed by atoms with Gasteiger partial charge in [-0.2, -0.15) is 26.3 Å². The first-order valence-corrected chi connectivity index (χ1v) is 5.07. The fourth-order valence-corrected chi connectivity index (χ4v) is 1.60. The molecule has 0 saturated carbocycles. The molecule has 1 aromatic rings. The van der Waals surface area contributed by atoms with E-state index in [-0.39, 0.29) is 23.0 Å². The summed E-state index contributed by atoms with van der Waals surface area (Å²) in [6, 6.07) is 0.616. The van der Waals surface area contributed by atoms with Crippen LogP contribution in [0.3, 0.4) is 0 Å². The summed E-state index contributed by atoms with van der Waals surface area (Å²) in [6.07, 6.45) is -10.7. The summed E-state index contributed by atoms with van der Waals surface area (Å²) in [5, 5.41) is -0.308. The van der Waals surface area contributed by atoms with Gasteiger partial charge in [0.15, 0.2) is 0 Å². The molecule has 1 rings (SSSR count). The van der Waals surface area contributed by atoms with Gasteiger partial charge in [-0.25, -0.2) is 0 Å². The first kappa shape index (κ1) is 18.3. The van der Waals surface area contributed by atoms with Crippen LogP contribution in [0.5, 0.6) is 0 Å². The molecule has 0 saturated heterocycles. The van der Waals surface area contributed by atoms with Gasteiger partial charge in [0.2, 0.25) is 0 Å². The van der Waals surface area contributed by atoms with Crippen LogP contribution in [-0.4, -0.2) is 6.18 Å². The molecule has 0 aliphatic rings. The lowest BCUT2D eigenvalue weighted by molar-refractivity contribution is -0.138. The summed E-state index contributed by atoms with van der Waals surface area (Å²) in [7, 11) is 0. The van der Waals surface area contributed by atoms with E-state index in [4.69, 9.17) is 17.3 Å². The van der Waals surface area contributed by atoms with Crippen LogP contribution in [0, 0.1) is 0 Å². The van der Waals surface area contributed by atoms with Crippen molar-refractivity contribution < 1.29 is 26.3 Å². The van der Waals surface area contributed by atoms with Gasteiger partial charge in [-0.15, -0.1) is 12.4 Å². The molecule has 0 spiro atoms. The van der Waals surface area contributed by atoms with Crippen LogP contribution in [0.4, 0.5) is 26.3 Å². The topological polar surface area (TPSA) is 26.0 Å². The summed E-state index contributed by atoms with van der Waals surface area (Å²) in [5.41, 5.74) is 3.79. The van der Waals surface area contributed by atoms with Gasteiger partial charge in [0.1, 0.15) is 0 Å². The van der Waals surface area contributed by atoms with Crippen molar-refractivity contribution in [1.82, 2.24) is 0 Å². The van der Waals surface area contributed by atoms with Crippen molar-refractivity contribution in [1.29, 1.82) is 0 Å². The SMILES string of the molecule is Cl.N[C@@H](CC(F)(F)F)c1cc(Cl)cc(C(F)(F)F)c1. The lowest BCUT2D eigenvalue weighted by Gasteiger charge is -2.16. The van der Waals surface area contributed by atoms with Crippen molar-refractivity contribution in [3.63, 3.8) is 0 Å². The third-order valence-electron chi connectivity index (χ3n) is 2.13. The van der Waals surface area contributed by atoms with E-state index in [2.05, 4.69) is 0 Å². The lowest BCUT2D eigenvalue weighted by atomic mass is 10.0. The molecule has 19 heavy (non-hydrogen) atoms. The van der Waals surface area contributed by atoms with Crippen molar-refractivity contribution in [2.45, 2.75) is 24.8 Å². The molecule has 0 bridgehead atoms. The largest absolute Gasteiger partial charge is 0.416 e. The number of benzene rings is 1. The molecule has 1 nitrogen and oxygen atoms in total. The highest BCUT2D eigenvalue weighted by Gasteiger charge is 2.34. The highest BCUT2D eigenvalue weighted by Crippen LogP contribution is 2.35. The minimum absolute atomic E-state index is 0. The van der Waals surface area contributed by atoms with E-state index in [0.717, 1.165) is 6.07 Å². The zero-order chi connectivity index (χ0) is 14.1. The molecule has 0 fully saturated rings. The maximum Gasteiger partial charge on any atom is 0.416 e. The normalized spacial score (nSPS) is 13.9. The second kappa shape index (κ2) is 6.19. The van der Waals surface area contributed by atoms with Crippen LogP contribution in [0.15, 0.2) is 18.2 Å². The molecule has 1 aromatic carbocycles. The van der Waals surface area contributed by atoms with E-state index in [0.29, 0.717) is 12.1 Å². The van der Waals surface area contributed by atoms with Gasteiger partial charge in [-0.1, -0.05) is 11.6 Å². The molecule has 1 atom stereocenters. The van der Waals surface area contributed by atoms with Gasteiger partial charge in [0.05, 0.1) is 12.0 Å². The Labute approximate surface area is 116 Å². The monoisotopic (exact) mass is 327 g/mol. The van der Waals surface area contributed by atoms with Crippen LogP contribution in [0.2, 0.25) is 5.02 Å². The standard InChI is InChI=1S/C10H8ClF6N.ClH/c11-7-2-5(8(18)4-9(12,13)14)1-6(3-7)10(15,16)17;/h1-3,8H,4,18H2;1H/t8-;/m0./s1. The Kier molecular flexibility index (Phi) is 5.98. The summed E-state index contributed by atoms with van der Waals surface area (Å²) < 4.78 is 73.6. The molecule has 0 unspecified atom stereocenters. The highest BCUT2D eigenvalue weighted by atomic mass is 35.5. The van der Waals surface area contributed by atoms with Gasteiger partial charge in [0, 0.05) is 11.1 Å². The van der Waals surface area contributed by atoms with Crippen LogP contribution in [-0.2, 0) is 6.18 Å². The Morgan fingerprint density at radius 1 is 1.05 bits per heavy atom. The predicted molar refractivity (Wildman–Crippen MR) is 61.3 cm³/mol. The Morgan fingerprint density at radius 3 is 2.00 bits per heavy atom. The molecule has 0 radical (unpaired) electrons. The van der Waals surface area contributed by atoms with E-state index >= 15 is 0 Å². The van der Waals surface area contributed by atoms with Crippen LogP contribution >= 0.6 is 24.0 Å². The smallest absolute Gasteiger partial charge is 0.324 e. The number of rotatable bonds is 2. The fraction of sp³-hybridized carbons (Fsp3) is 0.400. The van der Waals surface area contributed by atoms with E-state index in [9.17, 15) is 26.3 Å². The van der Waals surface area contributed by atoms with Crippen LogP contribution < -0.4 is 5.73 Å². The first-order chi connectivity index (χ1) is 7.99. The lowest BCUT2D eigenvalue weighted by Crippen LogP contribution is -2.20. The van der Waals surface area contributed by atoms with Gasteiger partial charge in [-0.3, -0.25) is 0 Å². The Bertz CT molecular complexity index is 429. The molecule has 0 aliphatic heterocycles. The van der Waals surface area contributed by atoms with E-state index in [1.807, 2.05) is 0 Å². The molecular weight excluding hydrogens is 319 g/mol. The highest BCUT2D eigenvalue weighted by molar-refractivity contribution is 6.30. The Hall–Kier alpha value is -0.660. The summed E-state index contributed by atoms with van der Waals surface area (Å²) >= 11 is 5.43. The Balaban J connectivity index is 0.00000324. The first-order valence-electron chi connectivity index (χ1n) is 4.69. The molecule has 0 aliphatic carbocycles. The van der Waals surface area contributed by atoms with Gasteiger partial charge in [0.25, 0.3) is 0 Å². The minimum Gasteiger partial charge on any atom is -0.324 e. The second-order valence-corrected chi connectivity index (χ2v) is 4.13. The summed E-state index contributed by atoms with van der Waals surface area (Å²) in [5.74, 6) is 0. The van der Waals surface area contributed by atoms with E-state index in [1.54, 1.807) is 0 Å². The molecule has 110 valence electrons. The maximum atomic E-state index is 12.4. The third-order valence-corrected chi connectivity index (χ3v) is 2.35. The average Bonchev–Trinajstić information content (AvgIpc) is 2.12. The predicted octanol–water partition coefficient (Wildman–Crippen LogP) is 4.73. The van der Waals surface area contributed by atoms with Crippen molar-refractivity contribution in [2.75, 3.05) is 0 Å². The number of hydrogen-bond acceptors (Lipinski definition) is 1. The average molecular weight is 328 g/mol. The summed E-state index contributed by atoms with van der Waals surface area (Å²) in [4.78, 5) is 0. The van der Waals surface area contributed by atoms with E-state index in [1.165, 1.54) is 0 Å². The number of hydrogen-bond donors (Lipinski definition) is 1. The van der Waals surface area contributed by atoms with Crippen molar-refractivity contribution in [3.8, 4) is 0 Å². The molecule has 0 aromatic heterocycles. The maximum absolute atomic E-state index is 12.4.